The lowest BCUT2D eigenvalue weighted by Gasteiger charge is -2.58. The van der Waals surface area contributed by atoms with Crippen molar-refractivity contribution < 1.29 is 9.90 Å². The zero-order valence-corrected chi connectivity index (χ0v) is 23.5. The summed E-state index contributed by atoms with van der Waals surface area (Å²) >= 11 is 0. The standard InChI is InChI=1S/C34H50O2/c1-22(2)9-8-10-23(3)29-15-16-30-28-14-13-25-21-24(26-11-6-7-12-27(26)32(35)36)17-19-33(25,4)31(28)18-20-34(29,30)5/h6-7,11-13,22-24,28-31H,8-10,14-21H2,1-5H3,(H,35,36)/p-1/t23-,24?,28?,29-,30?,31?,33+,34-/m1/s1. The van der Waals surface area contributed by atoms with Gasteiger partial charge in [0.15, 0.2) is 0 Å². The van der Waals surface area contributed by atoms with Gasteiger partial charge < -0.3 is 9.90 Å². The van der Waals surface area contributed by atoms with Crippen molar-refractivity contribution in [1.29, 1.82) is 0 Å². The fourth-order valence-corrected chi connectivity index (χ4v) is 9.99. The number of allylic oxidation sites excluding steroid dienone is 2. The van der Waals surface area contributed by atoms with Gasteiger partial charge in [-0.2, -0.15) is 0 Å². The first-order valence-electron chi connectivity index (χ1n) is 15.1. The predicted molar refractivity (Wildman–Crippen MR) is 147 cm³/mol. The second-order valence-corrected chi connectivity index (χ2v) is 14.1. The molecule has 3 fully saturated rings. The molecular formula is C34H49O2-. The number of rotatable bonds is 7. The summed E-state index contributed by atoms with van der Waals surface area (Å²) in [5.41, 5.74) is 3.86. The first kappa shape index (κ1) is 26.1. The molecule has 0 amide bonds. The van der Waals surface area contributed by atoms with E-state index in [9.17, 15) is 9.90 Å². The van der Waals surface area contributed by atoms with E-state index < -0.39 is 5.97 Å². The van der Waals surface area contributed by atoms with Crippen molar-refractivity contribution in [2.24, 2.45) is 46.3 Å². The van der Waals surface area contributed by atoms with Crippen LogP contribution >= 0.6 is 0 Å². The maximum absolute atomic E-state index is 11.8. The third kappa shape index (κ3) is 4.39. The average molecular weight is 490 g/mol. The molecule has 4 unspecified atom stereocenters. The number of carbonyl (C=O) groups excluding carboxylic acids is 1. The topological polar surface area (TPSA) is 40.1 Å². The maximum Gasteiger partial charge on any atom is 0.0718 e. The van der Waals surface area contributed by atoms with Gasteiger partial charge in [-0.15, -0.1) is 0 Å². The van der Waals surface area contributed by atoms with Crippen LogP contribution < -0.4 is 5.11 Å². The van der Waals surface area contributed by atoms with Crippen molar-refractivity contribution in [2.75, 3.05) is 0 Å². The fourth-order valence-electron chi connectivity index (χ4n) is 9.99. The lowest BCUT2D eigenvalue weighted by molar-refractivity contribution is -0.255. The molecule has 3 saturated carbocycles. The van der Waals surface area contributed by atoms with Crippen LogP contribution in [0.4, 0.5) is 0 Å². The molecule has 4 aliphatic carbocycles. The number of aromatic carboxylic acids is 1. The number of fused-ring (bicyclic) bond motifs is 5. The normalized spacial score (nSPS) is 38.6. The Kier molecular flexibility index (Phi) is 7.20. The molecule has 0 spiro atoms. The van der Waals surface area contributed by atoms with Crippen LogP contribution in [-0.4, -0.2) is 5.97 Å². The van der Waals surface area contributed by atoms with Gasteiger partial charge in [0.2, 0.25) is 0 Å². The minimum absolute atomic E-state index is 0.304. The summed E-state index contributed by atoms with van der Waals surface area (Å²) in [5.74, 6) is 4.42. The van der Waals surface area contributed by atoms with Gasteiger partial charge in [0.05, 0.1) is 5.97 Å². The molecule has 4 aliphatic rings. The van der Waals surface area contributed by atoms with Gasteiger partial charge in [-0.1, -0.05) is 89.8 Å². The van der Waals surface area contributed by atoms with Crippen LogP contribution in [0.3, 0.4) is 0 Å². The molecule has 198 valence electrons. The molecule has 5 rings (SSSR count). The largest absolute Gasteiger partial charge is 0.545 e. The van der Waals surface area contributed by atoms with E-state index in [4.69, 9.17) is 0 Å². The highest BCUT2D eigenvalue weighted by Crippen LogP contribution is 2.68. The quantitative estimate of drug-likeness (QED) is 0.362. The second-order valence-electron chi connectivity index (χ2n) is 14.1. The van der Waals surface area contributed by atoms with Crippen molar-refractivity contribution >= 4 is 5.97 Å². The van der Waals surface area contributed by atoms with Crippen molar-refractivity contribution in [2.45, 2.75) is 111 Å². The molecule has 1 aromatic rings. The molecule has 0 saturated heterocycles. The maximum atomic E-state index is 11.8. The van der Waals surface area contributed by atoms with Crippen LogP contribution in [0.2, 0.25) is 0 Å². The number of hydrogen-bond acceptors (Lipinski definition) is 2. The molecule has 2 heteroatoms. The molecule has 8 atom stereocenters. The third-order valence-corrected chi connectivity index (χ3v) is 11.9. The number of benzene rings is 1. The van der Waals surface area contributed by atoms with Gasteiger partial charge in [0, 0.05) is 5.56 Å². The van der Waals surface area contributed by atoms with Gasteiger partial charge in [0.1, 0.15) is 0 Å². The molecule has 2 nitrogen and oxygen atoms in total. The van der Waals surface area contributed by atoms with Crippen LogP contribution in [-0.2, 0) is 0 Å². The Hall–Kier alpha value is -1.57. The molecule has 0 aliphatic heterocycles. The van der Waals surface area contributed by atoms with E-state index in [2.05, 4.69) is 40.7 Å². The molecule has 0 heterocycles. The summed E-state index contributed by atoms with van der Waals surface area (Å²) in [4.78, 5) is 11.8. The van der Waals surface area contributed by atoms with E-state index in [-0.39, 0.29) is 0 Å². The number of carboxylic acids is 1. The van der Waals surface area contributed by atoms with Crippen molar-refractivity contribution in [1.82, 2.24) is 0 Å². The first-order valence-corrected chi connectivity index (χ1v) is 15.1. The van der Waals surface area contributed by atoms with Gasteiger partial charge in [-0.3, -0.25) is 0 Å². The molecule has 36 heavy (non-hydrogen) atoms. The summed E-state index contributed by atoms with van der Waals surface area (Å²) in [6.45, 7) is 12.5. The highest BCUT2D eigenvalue weighted by atomic mass is 16.4. The van der Waals surface area contributed by atoms with Crippen LogP contribution in [0.15, 0.2) is 35.9 Å². The molecule has 0 radical (unpaired) electrons. The lowest BCUT2D eigenvalue weighted by Crippen LogP contribution is -2.50. The number of carbonyl (C=O) groups is 1. The Morgan fingerprint density at radius 1 is 1.00 bits per heavy atom. The summed E-state index contributed by atoms with van der Waals surface area (Å²) in [6.07, 6.45) is 17.1. The zero-order valence-electron chi connectivity index (χ0n) is 23.5. The van der Waals surface area contributed by atoms with Crippen LogP contribution in [0.1, 0.15) is 127 Å². The first-order chi connectivity index (χ1) is 17.1. The summed E-state index contributed by atoms with van der Waals surface area (Å²) < 4.78 is 0. The Balaban J connectivity index is 1.32. The smallest absolute Gasteiger partial charge is 0.0718 e. The molecule has 0 aromatic heterocycles. The van der Waals surface area contributed by atoms with Gasteiger partial charge >= 0.3 is 0 Å². The van der Waals surface area contributed by atoms with Crippen molar-refractivity contribution in [3.63, 3.8) is 0 Å². The molecule has 1 aromatic carbocycles. The average Bonchev–Trinajstić information content (AvgIpc) is 3.20. The van der Waals surface area contributed by atoms with Crippen LogP contribution in [0, 0.1) is 46.3 Å². The summed E-state index contributed by atoms with van der Waals surface area (Å²) in [6, 6.07) is 7.57. The van der Waals surface area contributed by atoms with E-state index >= 15 is 0 Å². The highest BCUT2D eigenvalue weighted by Gasteiger charge is 2.59. The van der Waals surface area contributed by atoms with Crippen LogP contribution in [0.5, 0.6) is 0 Å². The molecule has 0 bridgehead atoms. The lowest BCUT2D eigenvalue weighted by atomic mass is 9.46. The van der Waals surface area contributed by atoms with Gasteiger partial charge in [-0.25, -0.2) is 0 Å². The van der Waals surface area contributed by atoms with Crippen LogP contribution in [0.25, 0.3) is 0 Å². The summed E-state index contributed by atoms with van der Waals surface area (Å²) in [5, 5.41) is 11.8. The predicted octanol–water partition coefficient (Wildman–Crippen LogP) is 8.18. The van der Waals surface area contributed by atoms with E-state index in [1.165, 1.54) is 57.8 Å². The Labute approximate surface area is 220 Å². The Morgan fingerprint density at radius 3 is 2.53 bits per heavy atom. The van der Waals surface area contributed by atoms with Crippen molar-refractivity contribution in [3.05, 3.63) is 47.0 Å². The minimum Gasteiger partial charge on any atom is -0.545 e. The van der Waals surface area contributed by atoms with E-state index in [1.807, 2.05) is 18.2 Å². The minimum atomic E-state index is -1.03. The van der Waals surface area contributed by atoms with E-state index in [0.29, 0.717) is 22.3 Å². The summed E-state index contributed by atoms with van der Waals surface area (Å²) in [7, 11) is 0. The zero-order chi connectivity index (χ0) is 25.7. The van der Waals surface area contributed by atoms with E-state index in [1.54, 1.807) is 11.6 Å². The van der Waals surface area contributed by atoms with Crippen molar-refractivity contribution in [3.8, 4) is 0 Å². The van der Waals surface area contributed by atoms with Gasteiger partial charge in [0.25, 0.3) is 0 Å². The fraction of sp³-hybridized carbons (Fsp3) is 0.735. The second kappa shape index (κ2) is 9.95. The van der Waals surface area contributed by atoms with Gasteiger partial charge in [-0.05, 0) is 109 Å². The monoisotopic (exact) mass is 489 g/mol. The molecule has 0 N–H and O–H groups in total. The third-order valence-electron chi connectivity index (χ3n) is 11.9. The van der Waals surface area contributed by atoms with E-state index in [0.717, 1.165) is 53.9 Å². The molecular weight excluding hydrogens is 440 g/mol. The number of carboxylic acid groups (broad SMARTS) is 1. The SMILES string of the molecule is CC(C)CCC[C@@H](C)[C@H]1CCC2C3CC=C4CC(c5ccccc5C(=O)[O-])CC[C@]4(C)C3CC[C@@]21C. The Morgan fingerprint density at radius 2 is 1.78 bits per heavy atom. The number of hydrogen-bond donors (Lipinski definition) is 0. The highest BCUT2D eigenvalue weighted by molar-refractivity contribution is 5.87. The Bertz CT molecular complexity index is 991.